The summed E-state index contributed by atoms with van der Waals surface area (Å²) in [6.45, 7) is -1.42. The van der Waals surface area contributed by atoms with E-state index in [4.69, 9.17) is 4.74 Å². The standard InChI is InChI=1S/C18H20F2N2O6S/c1-10-14(16(23)27-2)15(11-3-5-13(6-4-11)28-17(19)20)21-18(24)22(10)12-7-8-29(25,26)9-12/h3-6,12,15,17H,7-9H2,1-2H3,(H,21,24)/t12-,15-/m0/s1. The molecule has 2 amide bonds. The maximum Gasteiger partial charge on any atom is 0.387 e. The average Bonchev–Trinajstić information content (AvgIpc) is 3.00. The molecule has 2 aliphatic rings. The van der Waals surface area contributed by atoms with Crippen LogP contribution in [0.5, 0.6) is 5.75 Å². The first-order valence-corrected chi connectivity index (χ1v) is 10.6. The number of allylic oxidation sites excluding steroid dienone is 1. The SMILES string of the molecule is COC(=O)C1=C(C)N([C@H]2CCS(=O)(=O)C2)C(=O)N[C@H]1c1ccc(OC(F)F)cc1. The van der Waals surface area contributed by atoms with Crippen LogP contribution in [0, 0.1) is 0 Å². The lowest BCUT2D eigenvalue weighted by molar-refractivity contribution is -0.136. The number of halogens is 2. The molecule has 0 saturated carbocycles. The highest BCUT2D eigenvalue weighted by Crippen LogP contribution is 2.34. The minimum absolute atomic E-state index is 0.0304. The molecule has 8 nitrogen and oxygen atoms in total. The number of benzene rings is 1. The largest absolute Gasteiger partial charge is 0.466 e. The Morgan fingerprint density at radius 2 is 1.93 bits per heavy atom. The van der Waals surface area contributed by atoms with Gasteiger partial charge in [-0.05, 0) is 31.0 Å². The van der Waals surface area contributed by atoms with Crippen LogP contribution in [0.1, 0.15) is 24.9 Å². The molecule has 158 valence electrons. The van der Waals surface area contributed by atoms with Crippen molar-refractivity contribution in [3.63, 3.8) is 0 Å². The second-order valence-corrected chi connectivity index (χ2v) is 8.98. The Morgan fingerprint density at radius 3 is 2.45 bits per heavy atom. The van der Waals surface area contributed by atoms with Crippen LogP contribution >= 0.6 is 0 Å². The molecule has 3 rings (SSSR count). The van der Waals surface area contributed by atoms with E-state index in [1.165, 1.54) is 36.3 Å². The molecule has 11 heteroatoms. The summed E-state index contributed by atoms with van der Waals surface area (Å²) in [6, 6.07) is 3.49. The van der Waals surface area contributed by atoms with E-state index in [9.17, 15) is 26.8 Å². The first kappa shape index (κ1) is 21.0. The molecule has 1 aromatic carbocycles. The predicted molar refractivity (Wildman–Crippen MR) is 98.0 cm³/mol. The van der Waals surface area contributed by atoms with Crippen LogP contribution in [0.3, 0.4) is 0 Å². The Kier molecular flexibility index (Phi) is 5.78. The summed E-state index contributed by atoms with van der Waals surface area (Å²) in [7, 11) is -2.06. The highest BCUT2D eigenvalue weighted by molar-refractivity contribution is 7.91. The summed E-state index contributed by atoms with van der Waals surface area (Å²) in [4.78, 5) is 26.5. The minimum Gasteiger partial charge on any atom is -0.466 e. The van der Waals surface area contributed by atoms with E-state index < -0.39 is 40.5 Å². The van der Waals surface area contributed by atoms with E-state index in [2.05, 4.69) is 10.1 Å². The lowest BCUT2D eigenvalue weighted by atomic mass is 9.94. The Hall–Kier alpha value is -2.69. The Bertz CT molecular complexity index is 946. The number of methoxy groups -OCH3 is 1. The van der Waals surface area contributed by atoms with Crippen molar-refractivity contribution in [1.82, 2.24) is 10.2 Å². The second kappa shape index (κ2) is 7.97. The van der Waals surface area contributed by atoms with Gasteiger partial charge in [-0.1, -0.05) is 12.1 Å². The zero-order valence-electron chi connectivity index (χ0n) is 15.7. The quantitative estimate of drug-likeness (QED) is 0.717. The van der Waals surface area contributed by atoms with Crippen molar-refractivity contribution >= 4 is 21.8 Å². The predicted octanol–water partition coefficient (Wildman–Crippen LogP) is 1.99. The first-order chi connectivity index (χ1) is 13.6. The molecule has 0 spiro atoms. The van der Waals surface area contributed by atoms with Gasteiger partial charge >= 0.3 is 18.6 Å². The molecule has 29 heavy (non-hydrogen) atoms. The third-order valence-corrected chi connectivity index (χ3v) is 6.69. The molecule has 2 atom stereocenters. The van der Waals surface area contributed by atoms with Gasteiger partial charge in [0.2, 0.25) is 0 Å². The van der Waals surface area contributed by atoms with Crippen LogP contribution in [0.2, 0.25) is 0 Å². The number of rotatable bonds is 5. The molecule has 0 aliphatic carbocycles. The number of nitrogens with one attached hydrogen (secondary N) is 1. The average molecular weight is 430 g/mol. The highest BCUT2D eigenvalue weighted by Gasteiger charge is 2.42. The maximum absolute atomic E-state index is 12.8. The highest BCUT2D eigenvalue weighted by atomic mass is 32.2. The number of hydrogen-bond donors (Lipinski definition) is 1. The van der Waals surface area contributed by atoms with Crippen molar-refractivity contribution in [2.45, 2.75) is 32.0 Å². The molecule has 1 aromatic rings. The Morgan fingerprint density at radius 1 is 1.28 bits per heavy atom. The van der Waals surface area contributed by atoms with Gasteiger partial charge in [0.15, 0.2) is 9.84 Å². The van der Waals surface area contributed by atoms with Crippen molar-refractivity contribution in [3.05, 3.63) is 41.1 Å². The van der Waals surface area contributed by atoms with Crippen molar-refractivity contribution in [3.8, 4) is 5.75 Å². The summed E-state index contributed by atoms with van der Waals surface area (Å²) >= 11 is 0. The number of urea groups is 1. The summed E-state index contributed by atoms with van der Waals surface area (Å²) in [5.74, 6) is -0.969. The Labute approximate surface area is 166 Å². The van der Waals surface area contributed by atoms with Gasteiger partial charge < -0.3 is 14.8 Å². The van der Waals surface area contributed by atoms with Gasteiger partial charge in [0.1, 0.15) is 5.75 Å². The third kappa shape index (κ3) is 4.34. The molecular weight excluding hydrogens is 410 g/mol. The fourth-order valence-corrected chi connectivity index (χ4v) is 5.34. The van der Waals surface area contributed by atoms with Gasteiger partial charge in [-0.2, -0.15) is 8.78 Å². The molecule has 0 aromatic heterocycles. The molecule has 1 saturated heterocycles. The fraction of sp³-hybridized carbons (Fsp3) is 0.444. The number of nitrogens with zero attached hydrogens (tertiary/aromatic N) is 1. The van der Waals surface area contributed by atoms with Gasteiger partial charge in [0, 0.05) is 5.70 Å². The van der Waals surface area contributed by atoms with E-state index in [0.717, 1.165) is 0 Å². The van der Waals surface area contributed by atoms with Crippen molar-refractivity contribution < 1.29 is 36.3 Å². The number of alkyl halides is 2. The molecule has 2 aliphatic heterocycles. The second-order valence-electron chi connectivity index (χ2n) is 6.75. The molecular formula is C18H20F2N2O6S. The van der Waals surface area contributed by atoms with E-state index in [1.807, 2.05) is 0 Å². The van der Waals surface area contributed by atoms with Crippen molar-refractivity contribution in [2.75, 3.05) is 18.6 Å². The normalized spacial score (nSPS) is 23.9. The number of hydrogen-bond acceptors (Lipinski definition) is 6. The third-order valence-electron chi connectivity index (χ3n) is 4.94. The van der Waals surface area contributed by atoms with Crippen LogP contribution in [0.15, 0.2) is 35.5 Å². The number of sulfone groups is 1. The van der Waals surface area contributed by atoms with E-state index in [-0.39, 0.29) is 29.2 Å². The summed E-state index contributed by atoms with van der Waals surface area (Å²) in [6.07, 6.45) is 0.270. The molecule has 0 unspecified atom stereocenters. The van der Waals surface area contributed by atoms with Gasteiger partial charge in [-0.3, -0.25) is 4.90 Å². The number of carbonyl (C=O) groups excluding carboxylic acids is 2. The molecule has 1 fully saturated rings. The maximum atomic E-state index is 12.8. The van der Waals surface area contributed by atoms with Crippen LogP contribution < -0.4 is 10.1 Å². The number of amides is 2. The summed E-state index contributed by atoms with van der Waals surface area (Å²) < 4.78 is 57.5. The summed E-state index contributed by atoms with van der Waals surface area (Å²) in [5.41, 5.74) is 0.887. The Balaban J connectivity index is 1.98. The van der Waals surface area contributed by atoms with Gasteiger partial charge in [-0.25, -0.2) is 18.0 Å². The monoisotopic (exact) mass is 430 g/mol. The molecule has 0 radical (unpaired) electrons. The minimum atomic E-state index is -3.25. The van der Waals surface area contributed by atoms with E-state index in [0.29, 0.717) is 11.3 Å². The van der Waals surface area contributed by atoms with E-state index >= 15 is 0 Å². The molecule has 1 N–H and O–H groups in total. The molecule has 0 bridgehead atoms. The van der Waals surface area contributed by atoms with Gasteiger partial charge in [-0.15, -0.1) is 0 Å². The van der Waals surface area contributed by atoms with Gasteiger partial charge in [0.05, 0.1) is 36.3 Å². The smallest absolute Gasteiger partial charge is 0.387 e. The van der Waals surface area contributed by atoms with E-state index in [1.54, 1.807) is 6.92 Å². The van der Waals surface area contributed by atoms with Crippen molar-refractivity contribution in [2.24, 2.45) is 0 Å². The number of ether oxygens (including phenoxy) is 2. The van der Waals surface area contributed by atoms with Crippen LogP contribution in [0.25, 0.3) is 0 Å². The zero-order chi connectivity index (χ0) is 21.3. The van der Waals surface area contributed by atoms with Crippen LogP contribution in [-0.4, -0.2) is 56.6 Å². The fourth-order valence-electron chi connectivity index (χ4n) is 3.64. The van der Waals surface area contributed by atoms with Gasteiger partial charge in [0.25, 0.3) is 0 Å². The van der Waals surface area contributed by atoms with Crippen molar-refractivity contribution in [1.29, 1.82) is 0 Å². The number of carbonyl (C=O) groups is 2. The van der Waals surface area contributed by atoms with Crippen LogP contribution in [0.4, 0.5) is 13.6 Å². The lowest BCUT2D eigenvalue weighted by Gasteiger charge is -2.38. The van der Waals surface area contributed by atoms with Crippen LogP contribution in [-0.2, 0) is 19.4 Å². The summed E-state index contributed by atoms with van der Waals surface area (Å²) in [5, 5.41) is 2.69. The lowest BCUT2D eigenvalue weighted by Crippen LogP contribution is -2.52. The number of esters is 1. The molecule has 2 heterocycles. The zero-order valence-corrected chi connectivity index (χ0v) is 16.5. The first-order valence-electron chi connectivity index (χ1n) is 8.77. The topological polar surface area (TPSA) is 102 Å².